The molecule has 0 spiro atoms. The zero-order valence-corrected chi connectivity index (χ0v) is 28.6. The SMILES string of the molecule is Cc1ccc(S(=O)(=O)N(CC(=O)N(Cc2ccccc2C)[C@@H](Cc2ccccc2)C(=O)NC2CCCC2)c2cc(C)cc(C)c2)cc1. The molecule has 1 fully saturated rings. The number of benzene rings is 4. The number of nitrogens with zero attached hydrogens (tertiary/aromatic N) is 2. The summed E-state index contributed by atoms with van der Waals surface area (Å²) in [5.74, 6) is -0.673. The van der Waals surface area contributed by atoms with E-state index in [2.05, 4.69) is 5.32 Å². The lowest BCUT2D eigenvalue weighted by atomic mass is 10.0. The van der Waals surface area contributed by atoms with Gasteiger partial charge in [0.2, 0.25) is 11.8 Å². The van der Waals surface area contributed by atoms with E-state index in [9.17, 15) is 18.0 Å². The molecule has 47 heavy (non-hydrogen) atoms. The van der Waals surface area contributed by atoms with Gasteiger partial charge >= 0.3 is 0 Å². The van der Waals surface area contributed by atoms with Crippen LogP contribution in [0.2, 0.25) is 0 Å². The largest absolute Gasteiger partial charge is 0.352 e. The number of nitrogens with one attached hydrogen (secondary N) is 1. The zero-order chi connectivity index (χ0) is 33.6. The van der Waals surface area contributed by atoms with Crippen LogP contribution < -0.4 is 9.62 Å². The highest BCUT2D eigenvalue weighted by atomic mass is 32.2. The number of carbonyl (C=O) groups is 2. The number of sulfonamides is 1. The number of anilines is 1. The monoisotopic (exact) mass is 651 g/mol. The fourth-order valence-electron chi connectivity index (χ4n) is 6.35. The van der Waals surface area contributed by atoms with E-state index in [4.69, 9.17) is 0 Å². The molecular formula is C39H45N3O4S. The van der Waals surface area contributed by atoms with E-state index in [0.29, 0.717) is 12.1 Å². The van der Waals surface area contributed by atoms with Gasteiger partial charge in [-0.05, 0) is 92.6 Å². The summed E-state index contributed by atoms with van der Waals surface area (Å²) >= 11 is 0. The summed E-state index contributed by atoms with van der Waals surface area (Å²) in [4.78, 5) is 30.6. The number of aryl methyl sites for hydroxylation is 4. The van der Waals surface area contributed by atoms with Crippen molar-refractivity contribution < 1.29 is 18.0 Å². The highest BCUT2D eigenvalue weighted by Gasteiger charge is 2.35. The molecule has 1 N–H and O–H groups in total. The molecule has 1 aliphatic carbocycles. The van der Waals surface area contributed by atoms with Crippen molar-refractivity contribution in [3.8, 4) is 0 Å². The van der Waals surface area contributed by atoms with Crippen LogP contribution >= 0.6 is 0 Å². The molecule has 4 aromatic carbocycles. The molecule has 7 nitrogen and oxygen atoms in total. The molecule has 0 bridgehead atoms. The zero-order valence-electron chi connectivity index (χ0n) is 27.8. The van der Waals surface area contributed by atoms with Crippen LogP contribution in [-0.2, 0) is 32.6 Å². The van der Waals surface area contributed by atoms with Gasteiger partial charge < -0.3 is 10.2 Å². The molecule has 0 saturated heterocycles. The van der Waals surface area contributed by atoms with Crippen LogP contribution in [0.1, 0.15) is 59.1 Å². The van der Waals surface area contributed by atoms with Crippen LogP contribution in [0.4, 0.5) is 5.69 Å². The molecule has 4 aromatic rings. The summed E-state index contributed by atoms with van der Waals surface area (Å²) in [5, 5.41) is 3.23. The molecular weight excluding hydrogens is 607 g/mol. The van der Waals surface area contributed by atoms with Crippen LogP contribution in [0.3, 0.4) is 0 Å². The van der Waals surface area contributed by atoms with Crippen molar-refractivity contribution in [2.24, 2.45) is 0 Å². The second-order valence-electron chi connectivity index (χ2n) is 12.8. The maximum Gasteiger partial charge on any atom is 0.264 e. The van der Waals surface area contributed by atoms with E-state index in [0.717, 1.165) is 59.1 Å². The Morgan fingerprint density at radius 3 is 2.04 bits per heavy atom. The fraction of sp³-hybridized carbons (Fsp3) is 0.333. The summed E-state index contributed by atoms with van der Waals surface area (Å²) in [6.45, 7) is 7.38. The quantitative estimate of drug-likeness (QED) is 0.182. The molecule has 246 valence electrons. The smallest absolute Gasteiger partial charge is 0.264 e. The second-order valence-corrected chi connectivity index (χ2v) is 14.7. The third-order valence-electron chi connectivity index (χ3n) is 8.96. The lowest BCUT2D eigenvalue weighted by Gasteiger charge is -2.34. The number of amides is 2. The molecule has 5 rings (SSSR count). The van der Waals surface area contributed by atoms with Gasteiger partial charge in [-0.3, -0.25) is 13.9 Å². The minimum Gasteiger partial charge on any atom is -0.352 e. The predicted octanol–water partition coefficient (Wildman–Crippen LogP) is 6.81. The number of hydrogen-bond acceptors (Lipinski definition) is 4. The Hall–Kier alpha value is -4.43. The third-order valence-corrected chi connectivity index (χ3v) is 10.7. The van der Waals surface area contributed by atoms with Crippen molar-refractivity contribution in [3.63, 3.8) is 0 Å². The van der Waals surface area contributed by atoms with E-state index in [1.54, 1.807) is 41.3 Å². The lowest BCUT2D eigenvalue weighted by Crippen LogP contribution is -2.54. The molecule has 1 aliphatic rings. The van der Waals surface area contributed by atoms with E-state index in [1.165, 1.54) is 4.31 Å². The molecule has 0 radical (unpaired) electrons. The van der Waals surface area contributed by atoms with Gasteiger partial charge in [-0.25, -0.2) is 8.42 Å². The Morgan fingerprint density at radius 2 is 1.40 bits per heavy atom. The molecule has 8 heteroatoms. The Kier molecular flexibility index (Phi) is 10.8. The van der Waals surface area contributed by atoms with E-state index < -0.39 is 28.5 Å². The van der Waals surface area contributed by atoms with Crippen LogP contribution in [0.15, 0.2) is 102 Å². The molecule has 1 atom stereocenters. The van der Waals surface area contributed by atoms with E-state index >= 15 is 0 Å². The van der Waals surface area contributed by atoms with Gasteiger partial charge in [0, 0.05) is 19.0 Å². The number of rotatable bonds is 12. The van der Waals surface area contributed by atoms with Gasteiger partial charge in [0.15, 0.2) is 0 Å². The first-order valence-electron chi connectivity index (χ1n) is 16.4. The number of carbonyl (C=O) groups excluding carboxylic acids is 2. The van der Waals surface area contributed by atoms with Crippen LogP contribution in [-0.4, -0.2) is 43.8 Å². The van der Waals surface area contributed by atoms with Crippen molar-refractivity contribution in [2.45, 2.75) is 83.3 Å². The van der Waals surface area contributed by atoms with Gasteiger partial charge in [-0.15, -0.1) is 0 Å². The minimum absolute atomic E-state index is 0.0601. The summed E-state index contributed by atoms with van der Waals surface area (Å²) in [7, 11) is -4.15. The second kappa shape index (κ2) is 15.0. The molecule has 0 unspecified atom stereocenters. The maximum absolute atomic E-state index is 14.8. The molecule has 0 aliphatic heterocycles. The Morgan fingerprint density at radius 1 is 0.787 bits per heavy atom. The first kappa shape index (κ1) is 33.9. The van der Waals surface area contributed by atoms with Crippen molar-refractivity contribution in [1.29, 1.82) is 0 Å². The van der Waals surface area contributed by atoms with Crippen LogP contribution in [0.5, 0.6) is 0 Å². The van der Waals surface area contributed by atoms with Gasteiger partial charge in [0.05, 0.1) is 10.6 Å². The van der Waals surface area contributed by atoms with Gasteiger partial charge in [-0.1, -0.05) is 91.2 Å². The van der Waals surface area contributed by atoms with Gasteiger partial charge in [0.1, 0.15) is 12.6 Å². The van der Waals surface area contributed by atoms with Gasteiger partial charge in [0.25, 0.3) is 10.0 Å². The van der Waals surface area contributed by atoms with Crippen molar-refractivity contribution in [2.75, 3.05) is 10.8 Å². The third kappa shape index (κ3) is 8.49. The Balaban J connectivity index is 1.59. The number of hydrogen-bond donors (Lipinski definition) is 1. The normalized spacial score (nSPS) is 14.0. The summed E-state index contributed by atoms with van der Waals surface area (Å²) in [5.41, 5.74) is 5.89. The maximum atomic E-state index is 14.8. The Labute approximate surface area is 279 Å². The molecule has 2 amide bonds. The summed E-state index contributed by atoms with van der Waals surface area (Å²) in [6.07, 6.45) is 4.23. The summed E-state index contributed by atoms with van der Waals surface area (Å²) < 4.78 is 29.9. The first-order valence-corrected chi connectivity index (χ1v) is 17.8. The molecule has 0 heterocycles. The molecule has 0 aromatic heterocycles. The van der Waals surface area contributed by atoms with Crippen molar-refractivity contribution >= 4 is 27.5 Å². The van der Waals surface area contributed by atoms with Crippen LogP contribution in [0.25, 0.3) is 0 Å². The highest BCUT2D eigenvalue weighted by Crippen LogP contribution is 2.28. The van der Waals surface area contributed by atoms with Crippen molar-refractivity contribution in [1.82, 2.24) is 10.2 Å². The summed E-state index contributed by atoms with van der Waals surface area (Å²) in [6, 6.07) is 28.9. The average molecular weight is 652 g/mol. The lowest BCUT2D eigenvalue weighted by molar-refractivity contribution is -0.140. The van der Waals surface area contributed by atoms with Crippen LogP contribution in [0, 0.1) is 27.7 Å². The predicted molar refractivity (Wildman–Crippen MR) is 188 cm³/mol. The molecule has 1 saturated carbocycles. The topological polar surface area (TPSA) is 86.8 Å². The van der Waals surface area contributed by atoms with Gasteiger partial charge in [-0.2, -0.15) is 0 Å². The standard InChI is InChI=1S/C39H45N3O4S/c1-28-18-20-36(21-19-28)47(45,46)42(35-23-29(2)22-30(3)24-35)27-38(43)41(26-33-15-9-8-12-31(33)4)37(25-32-13-6-5-7-14-32)39(44)40-34-16-10-11-17-34/h5-9,12-15,18-24,34,37H,10-11,16-17,25-27H2,1-4H3,(H,40,44)/t37-/m0/s1. The Bertz CT molecular complexity index is 1780. The fourth-order valence-corrected chi connectivity index (χ4v) is 7.75. The van der Waals surface area contributed by atoms with E-state index in [1.807, 2.05) is 88.4 Å². The highest BCUT2D eigenvalue weighted by molar-refractivity contribution is 7.92. The average Bonchev–Trinajstić information content (AvgIpc) is 3.55. The first-order chi connectivity index (χ1) is 22.5. The minimum atomic E-state index is -4.15. The van der Waals surface area contributed by atoms with E-state index in [-0.39, 0.29) is 23.4 Å². The van der Waals surface area contributed by atoms with Crippen molar-refractivity contribution in [3.05, 3.63) is 130 Å².